The van der Waals surface area contributed by atoms with Crippen molar-refractivity contribution >= 4 is 112 Å². The van der Waals surface area contributed by atoms with E-state index in [1.165, 1.54) is 155 Å². The van der Waals surface area contributed by atoms with Crippen LogP contribution in [-0.4, -0.2) is 15.8 Å². The Kier molecular flexibility index (Phi) is 10.4. The third kappa shape index (κ3) is 6.82. The molecule has 2 aliphatic carbocycles. The smallest absolute Gasteiger partial charge is 0.252 e. The van der Waals surface area contributed by atoms with Crippen molar-refractivity contribution in [2.24, 2.45) is 0 Å². The van der Waals surface area contributed by atoms with E-state index in [1.54, 1.807) is 0 Å². The summed E-state index contributed by atoms with van der Waals surface area (Å²) in [6.45, 7) is 13.9. The molecule has 0 fully saturated rings. The molecule has 90 heavy (non-hydrogen) atoms. The molecule has 0 saturated carbocycles. The zero-order valence-corrected chi connectivity index (χ0v) is 51.3. The number of hydrogen-bond donors (Lipinski definition) is 0. The molecule has 1 unspecified atom stereocenters. The van der Waals surface area contributed by atoms with Crippen LogP contribution in [0.15, 0.2) is 273 Å². The fraction of sp³-hybridized carbons (Fsp3) is 0.106. The van der Waals surface area contributed by atoms with Crippen LogP contribution in [0.1, 0.15) is 74.9 Å². The number of aromatic nitrogens is 2. The summed E-state index contributed by atoms with van der Waals surface area (Å²) in [5.41, 5.74) is 30.2. The van der Waals surface area contributed by atoms with Crippen molar-refractivity contribution in [2.75, 3.05) is 9.80 Å². The third-order valence-electron chi connectivity index (χ3n) is 20.8. The lowest BCUT2D eigenvalue weighted by Gasteiger charge is -2.45. The Morgan fingerprint density at radius 2 is 0.744 bits per heavy atom. The van der Waals surface area contributed by atoms with Gasteiger partial charge < -0.3 is 18.9 Å². The van der Waals surface area contributed by atoms with Gasteiger partial charge >= 0.3 is 0 Å². The number of fused-ring (bicyclic) bond motifs is 22. The molecule has 0 saturated heterocycles. The lowest BCUT2D eigenvalue weighted by atomic mass is 9.33. The zero-order chi connectivity index (χ0) is 60.1. The molecule has 5 heteroatoms. The molecule has 4 heterocycles. The first-order valence-electron chi connectivity index (χ1n) is 31.9. The predicted octanol–water partition coefficient (Wildman–Crippen LogP) is 20.1. The van der Waals surface area contributed by atoms with Gasteiger partial charge in [-0.2, -0.15) is 0 Å². The van der Waals surface area contributed by atoms with Gasteiger partial charge in [0.1, 0.15) is 0 Å². The average Bonchev–Trinajstić information content (AvgIpc) is 1.45. The molecule has 15 aromatic rings. The van der Waals surface area contributed by atoms with Gasteiger partial charge in [0, 0.05) is 61.1 Å². The molecule has 0 radical (unpaired) electrons. The Morgan fingerprint density at radius 1 is 0.289 bits per heavy atom. The van der Waals surface area contributed by atoms with E-state index in [9.17, 15) is 0 Å². The fourth-order valence-electron chi connectivity index (χ4n) is 16.9. The van der Waals surface area contributed by atoms with Gasteiger partial charge in [0.05, 0.1) is 38.9 Å². The predicted molar refractivity (Wildman–Crippen MR) is 380 cm³/mol. The number of hydrogen-bond acceptors (Lipinski definition) is 2. The molecule has 13 aromatic carbocycles. The van der Waals surface area contributed by atoms with Crippen molar-refractivity contribution in [2.45, 2.75) is 57.8 Å². The normalized spacial score (nSPS) is 15.2. The monoisotopic (exact) mass is 1150 g/mol. The van der Waals surface area contributed by atoms with Crippen molar-refractivity contribution < 1.29 is 0 Å². The minimum Gasteiger partial charge on any atom is -0.311 e. The summed E-state index contributed by atoms with van der Waals surface area (Å²) in [7, 11) is 0. The summed E-state index contributed by atoms with van der Waals surface area (Å²) in [5, 5.41) is 7.48. The van der Waals surface area contributed by atoms with Crippen molar-refractivity contribution in [1.82, 2.24) is 9.13 Å². The Labute approximate surface area is 525 Å². The van der Waals surface area contributed by atoms with Crippen molar-refractivity contribution in [3.05, 3.63) is 306 Å². The second-order valence-corrected chi connectivity index (χ2v) is 27.6. The van der Waals surface area contributed by atoms with Crippen LogP contribution in [0.2, 0.25) is 0 Å². The number of para-hydroxylation sites is 5. The minimum absolute atomic E-state index is 0.0108. The van der Waals surface area contributed by atoms with E-state index >= 15 is 0 Å². The Balaban J connectivity index is 0.957. The van der Waals surface area contributed by atoms with Gasteiger partial charge in [-0.05, 0) is 167 Å². The van der Waals surface area contributed by atoms with E-state index in [4.69, 9.17) is 0 Å². The van der Waals surface area contributed by atoms with Crippen LogP contribution in [0.25, 0.3) is 88.0 Å². The number of benzene rings is 13. The third-order valence-corrected chi connectivity index (χ3v) is 20.8. The molecule has 4 aliphatic rings. The standard InChI is InChI=1S/C85H63BN4/c1-83(2,3)52-40-43-55(44-41-52)87-76-45-42-53(84(4,5)6)46-70(76)86-71-49-65-57-26-12-18-34-66(57)85(67-35-19-13-33-64(67)81-63-32-11-10-31-62(63)77(51-69(81)85)90-74-38-22-16-29-60(74)61-30-17-23-39-75(61)90)68(65)50-78(71)88(54-24-8-7-9-25-54)80-48-56(47-79(87)82(80)86)89-72-36-20-14-27-58(72)59-28-15-21-37-73(59)89/h7-51H,1-6H3. The molecule has 1 spiro atoms. The Hall–Kier alpha value is -10.6. The van der Waals surface area contributed by atoms with Crippen molar-refractivity contribution in [3.8, 4) is 33.6 Å². The van der Waals surface area contributed by atoms with Crippen molar-refractivity contribution in [1.29, 1.82) is 0 Å². The highest BCUT2D eigenvalue weighted by molar-refractivity contribution is 7.00. The summed E-state index contributed by atoms with van der Waals surface area (Å²) in [6, 6.07) is 105. The summed E-state index contributed by atoms with van der Waals surface area (Å²) in [5.74, 6) is 0. The van der Waals surface area contributed by atoms with Gasteiger partial charge in [-0.15, -0.1) is 0 Å². The van der Waals surface area contributed by atoms with Gasteiger partial charge in [0.15, 0.2) is 0 Å². The van der Waals surface area contributed by atoms with E-state index in [-0.39, 0.29) is 17.5 Å². The van der Waals surface area contributed by atoms with Crippen LogP contribution in [-0.2, 0) is 16.2 Å². The minimum atomic E-state index is -0.692. The first-order valence-corrected chi connectivity index (χ1v) is 31.9. The highest BCUT2D eigenvalue weighted by atomic mass is 15.2. The Morgan fingerprint density at radius 3 is 1.34 bits per heavy atom. The molecule has 4 nitrogen and oxygen atoms in total. The molecule has 0 bridgehead atoms. The largest absolute Gasteiger partial charge is 0.311 e. The van der Waals surface area contributed by atoms with Gasteiger partial charge in [0.2, 0.25) is 0 Å². The first-order chi connectivity index (χ1) is 43.9. The van der Waals surface area contributed by atoms with Crippen molar-refractivity contribution in [3.63, 3.8) is 0 Å². The molecule has 1 atom stereocenters. The van der Waals surface area contributed by atoms with E-state index in [1.807, 2.05) is 0 Å². The highest BCUT2D eigenvalue weighted by Gasteiger charge is 2.54. The molecule has 0 amide bonds. The highest BCUT2D eigenvalue weighted by Crippen LogP contribution is 2.65. The van der Waals surface area contributed by atoms with Gasteiger partial charge in [-0.1, -0.05) is 236 Å². The summed E-state index contributed by atoms with van der Waals surface area (Å²) in [4.78, 5) is 5.24. The maximum Gasteiger partial charge on any atom is 0.252 e. The summed E-state index contributed by atoms with van der Waals surface area (Å²) >= 11 is 0. The molecule has 2 aliphatic heterocycles. The molecule has 426 valence electrons. The molecule has 19 rings (SSSR count). The van der Waals surface area contributed by atoms with E-state index < -0.39 is 5.41 Å². The first kappa shape index (κ1) is 51.4. The number of nitrogens with zero attached hydrogens (tertiary/aromatic N) is 4. The van der Waals surface area contributed by atoms with Crippen LogP contribution in [0.4, 0.5) is 34.1 Å². The van der Waals surface area contributed by atoms with Gasteiger partial charge in [0.25, 0.3) is 6.71 Å². The van der Waals surface area contributed by atoms with E-state index in [0.29, 0.717) is 0 Å². The van der Waals surface area contributed by atoms with E-state index in [2.05, 4.69) is 333 Å². The topological polar surface area (TPSA) is 16.3 Å². The number of rotatable bonds is 4. The van der Waals surface area contributed by atoms with Crippen LogP contribution in [0.3, 0.4) is 0 Å². The molecule has 0 N–H and O–H groups in total. The molecular weight excluding hydrogens is 1090 g/mol. The van der Waals surface area contributed by atoms with Crippen LogP contribution in [0, 0.1) is 0 Å². The van der Waals surface area contributed by atoms with Gasteiger partial charge in [-0.25, -0.2) is 0 Å². The maximum absolute atomic E-state index is 2.67. The maximum atomic E-state index is 2.67. The SMILES string of the molecule is CC(C)(C)c1ccc(N2c3ccc(C(C)(C)C)cc3B3c4cc5c(cc4N(c4ccccc4)c4cc(-n6c7ccccc7c7ccccc76)cc2c43)C2(c3ccccc3-5)c3ccccc3-c3c2cc(-n2c4ccccc4c4ccccc42)c2ccccc32)cc1. The molecular formula is C85H63BN4. The fourth-order valence-corrected chi connectivity index (χ4v) is 16.9. The van der Waals surface area contributed by atoms with E-state index in [0.717, 1.165) is 17.1 Å². The van der Waals surface area contributed by atoms with Gasteiger partial charge in [-0.3, -0.25) is 0 Å². The van der Waals surface area contributed by atoms with Crippen LogP contribution >= 0.6 is 0 Å². The summed E-state index contributed by atoms with van der Waals surface area (Å²) in [6.07, 6.45) is 0. The lowest BCUT2D eigenvalue weighted by Crippen LogP contribution is -2.61. The van der Waals surface area contributed by atoms with Crippen LogP contribution in [0.5, 0.6) is 0 Å². The second-order valence-electron chi connectivity index (χ2n) is 27.6. The summed E-state index contributed by atoms with van der Waals surface area (Å²) < 4.78 is 5.07. The van der Waals surface area contributed by atoms with Crippen LogP contribution < -0.4 is 26.2 Å². The Bertz CT molecular complexity index is 5490. The zero-order valence-electron chi connectivity index (χ0n) is 51.3. The molecule has 2 aromatic heterocycles. The average molecular weight is 1150 g/mol. The quantitative estimate of drug-likeness (QED) is 0.163. The number of anilines is 6. The lowest BCUT2D eigenvalue weighted by molar-refractivity contribution is 0.590. The second kappa shape index (κ2) is 18.2.